The third kappa shape index (κ3) is 3.72. The van der Waals surface area contributed by atoms with E-state index in [0.717, 1.165) is 19.3 Å². The zero-order valence-corrected chi connectivity index (χ0v) is 13.2. The molecule has 1 aliphatic heterocycles. The number of aliphatic hydroxyl groups excluding tert-OH is 1. The molecule has 0 unspecified atom stereocenters. The molecule has 2 atom stereocenters. The Morgan fingerprint density at radius 2 is 1.74 bits per heavy atom. The number of halogens is 3. The lowest BCUT2D eigenvalue weighted by Gasteiger charge is -2.39. The summed E-state index contributed by atoms with van der Waals surface area (Å²) in [5.41, 5.74) is 2.73. The summed E-state index contributed by atoms with van der Waals surface area (Å²) in [5, 5.41) is 9.47. The number of piperidine rings is 1. The van der Waals surface area contributed by atoms with Gasteiger partial charge in [0.1, 0.15) is 0 Å². The van der Waals surface area contributed by atoms with E-state index in [4.69, 9.17) is 0 Å². The van der Waals surface area contributed by atoms with Gasteiger partial charge in [-0.2, -0.15) is 13.2 Å². The van der Waals surface area contributed by atoms with Gasteiger partial charge in [0.15, 0.2) is 6.10 Å². The summed E-state index contributed by atoms with van der Waals surface area (Å²) in [6, 6.07) is 8.78. The van der Waals surface area contributed by atoms with Crippen LogP contribution in [0, 0.1) is 5.92 Å². The monoisotopic (exact) mass is 327 g/mol. The van der Waals surface area contributed by atoms with E-state index in [1.807, 2.05) is 0 Å². The van der Waals surface area contributed by atoms with Gasteiger partial charge in [0, 0.05) is 6.04 Å². The van der Waals surface area contributed by atoms with Crippen molar-refractivity contribution in [2.24, 2.45) is 5.92 Å². The molecule has 5 heteroatoms. The van der Waals surface area contributed by atoms with Crippen LogP contribution >= 0.6 is 0 Å². The topological polar surface area (TPSA) is 23.5 Å². The highest BCUT2D eigenvalue weighted by Crippen LogP contribution is 2.37. The van der Waals surface area contributed by atoms with E-state index in [1.54, 1.807) is 0 Å². The summed E-state index contributed by atoms with van der Waals surface area (Å²) in [6.45, 7) is 1.27. The SMILES string of the molecule is O[C@@H](C1CCN([C@@H]2CCCCc3ccccc32)CC1)C(F)(F)F. The Morgan fingerprint density at radius 1 is 1.04 bits per heavy atom. The van der Waals surface area contributed by atoms with E-state index in [0.29, 0.717) is 32.0 Å². The fourth-order valence-electron chi connectivity index (χ4n) is 4.09. The summed E-state index contributed by atoms with van der Waals surface area (Å²) in [5.74, 6) is -0.660. The summed E-state index contributed by atoms with van der Waals surface area (Å²) in [6.07, 6.45) is -1.34. The van der Waals surface area contributed by atoms with Crippen molar-refractivity contribution in [1.29, 1.82) is 0 Å². The third-order valence-electron chi connectivity index (χ3n) is 5.38. The van der Waals surface area contributed by atoms with Crippen LogP contribution in [-0.2, 0) is 6.42 Å². The first-order valence-corrected chi connectivity index (χ1v) is 8.53. The molecule has 0 aromatic heterocycles. The first-order chi connectivity index (χ1) is 11.0. The maximum atomic E-state index is 12.7. The van der Waals surface area contributed by atoms with Gasteiger partial charge in [-0.05, 0) is 62.2 Å². The standard InChI is InChI=1S/C18H24F3NO/c19-18(20,21)17(23)14-9-11-22(12-10-14)16-8-4-2-6-13-5-1-3-7-15(13)16/h1,3,5,7,14,16-17,23H,2,4,6,8-12H2/t16-,17+/m1/s1. The molecule has 1 N–H and O–H groups in total. The zero-order chi connectivity index (χ0) is 16.4. The highest BCUT2D eigenvalue weighted by molar-refractivity contribution is 5.31. The number of benzene rings is 1. The summed E-state index contributed by atoms with van der Waals surface area (Å²) < 4.78 is 38.0. The Kier molecular flexibility index (Phi) is 4.97. The highest BCUT2D eigenvalue weighted by atomic mass is 19.4. The Bertz CT molecular complexity index is 523. The molecule has 3 rings (SSSR count). The van der Waals surface area contributed by atoms with Gasteiger partial charge in [-0.1, -0.05) is 30.7 Å². The van der Waals surface area contributed by atoms with Crippen molar-refractivity contribution in [2.45, 2.75) is 56.8 Å². The molecule has 1 saturated heterocycles. The van der Waals surface area contributed by atoms with Gasteiger partial charge >= 0.3 is 6.18 Å². The zero-order valence-electron chi connectivity index (χ0n) is 13.2. The molecule has 0 spiro atoms. The number of hydrogen-bond donors (Lipinski definition) is 1. The molecule has 1 fully saturated rings. The van der Waals surface area contributed by atoms with E-state index in [-0.39, 0.29) is 0 Å². The second-order valence-corrected chi connectivity index (χ2v) is 6.82. The number of aryl methyl sites for hydroxylation is 1. The summed E-state index contributed by atoms with van der Waals surface area (Å²) >= 11 is 0. The fourth-order valence-corrected chi connectivity index (χ4v) is 4.09. The maximum Gasteiger partial charge on any atom is 0.414 e. The Morgan fingerprint density at radius 3 is 2.43 bits per heavy atom. The van der Waals surface area contributed by atoms with E-state index in [2.05, 4.69) is 29.2 Å². The molecule has 1 aliphatic carbocycles. The summed E-state index contributed by atoms with van der Waals surface area (Å²) in [7, 11) is 0. The number of rotatable bonds is 2. The van der Waals surface area contributed by atoms with Gasteiger partial charge in [-0.25, -0.2) is 0 Å². The van der Waals surface area contributed by atoms with Crippen LogP contribution in [0.15, 0.2) is 24.3 Å². The van der Waals surface area contributed by atoms with Gasteiger partial charge in [0.05, 0.1) is 0 Å². The van der Waals surface area contributed by atoms with Crippen molar-refractivity contribution in [2.75, 3.05) is 13.1 Å². The number of likely N-dealkylation sites (tertiary alicyclic amines) is 1. The maximum absolute atomic E-state index is 12.7. The molecule has 0 bridgehead atoms. The molecule has 1 heterocycles. The molecule has 1 aromatic carbocycles. The van der Waals surface area contributed by atoms with Crippen molar-refractivity contribution in [3.63, 3.8) is 0 Å². The lowest BCUT2D eigenvalue weighted by molar-refractivity contribution is -0.223. The first kappa shape index (κ1) is 16.8. The fraction of sp³-hybridized carbons (Fsp3) is 0.667. The third-order valence-corrected chi connectivity index (χ3v) is 5.38. The van der Waals surface area contributed by atoms with Crippen LogP contribution in [0.2, 0.25) is 0 Å². The van der Waals surface area contributed by atoms with Gasteiger partial charge < -0.3 is 5.11 Å². The predicted octanol–water partition coefficient (Wildman–Crippen LogP) is 4.09. The Labute approximate surface area is 135 Å². The van der Waals surface area contributed by atoms with E-state index >= 15 is 0 Å². The van der Waals surface area contributed by atoms with Crippen molar-refractivity contribution < 1.29 is 18.3 Å². The van der Waals surface area contributed by atoms with Crippen molar-refractivity contribution in [1.82, 2.24) is 4.90 Å². The van der Waals surface area contributed by atoms with Crippen LogP contribution in [0.4, 0.5) is 13.2 Å². The van der Waals surface area contributed by atoms with Crippen LogP contribution < -0.4 is 0 Å². The minimum absolute atomic E-state index is 0.317. The molecular formula is C18H24F3NO. The van der Waals surface area contributed by atoms with Crippen LogP contribution in [0.5, 0.6) is 0 Å². The van der Waals surface area contributed by atoms with Crippen LogP contribution in [0.1, 0.15) is 49.3 Å². The minimum atomic E-state index is -4.50. The number of aliphatic hydroxyl groups is 1. The number of nitrogens with zero attached hydrogens (tertiary/aromatic N) is 1. The molecule has 0 saturated carbocycles. The van der Waals surface area contributed by atoms with Crippen LogP contribution in [0.25, 0.3) is 0 Å². The highest BCUT2D eigenvalue weighted by Gasteiger charge is 2.44. The van der Waals surface area contributed by atoms with Crippen LogP contribution in [-0.4, -0.2) is 35.4 Å². The van der Waals surface area contributed by atoms with E-state index < -0.39 is 18.2 Å². The van der Waals surface area contributed by atoms with Crippen molar-refractivity contribution in [3.05, 3.63) is 35.4 Å². The smallest absolute Gasteiger partial charge is 0.383 e. The van der Waals surface area contributed by atoms with Gasteiger partial charge in [-0.15, -0.1) is 0 Å². The van der Waals surface area contributed by atoms with E-state index in [1.165, 1.54) is 17.5 Å². The van der Waals surface area contributed by atoms with Gasteiger partial charge in [0.25, 0.3) is 0 Å². The average molecular weight is 327 g/mol. The van der Waals surface area contributed by atoms with Gasteiger partial charge in [-0.3, -0.25) is 4.90 Å². The largest absolute Gasteiger partial charge is 0.414 e. The lowest BCUT2D eigenvalue weighted by Crippen LogP contribution is -2.44. The number of alkyl halides is 3. The lowest BCUT2D eigenvalue weighted by atomic mass is 9.88. The molecule has 1 aromatic rings. The summed E-state index contributed by atoms with van der Waals surface area (Å²) in [4.78, 5) is 2.32. The molecule has 0 radical (unpaired) electrons. The molecular weight excluding hydrogens is 303 g/mol. The second kappa shape index (κ2) is 6.81. The number of fused-ring (bicyclic) bond motifs is 1. The molecule has 0 amide bonds. The molecule has 2 aliphatic rings. The van der Waals surface area contributed by atoms with Crippen LogP contribution in [0.3, 0.4) is 0 Å². The molecule has 128 valence electrons. The second-order valence-electron chi connectivity index (χ2n) is 6.82. The average Bonchev–Trinajstić information content (AvgIpc) is 2.76. The van der Waals surface area contributed by atoms with Gasteiger partial charge in [0.2, 0.25) is 0 Å². The normalized spacial score (nSPS) is 25.7. The van der Waals surface area contributed by atoms with E-state index in [9.17, 15) is 18.3 Å². The first-order valence-electron chi connectivity index (χ1n) is 8.53. The quantitative estimate of drug-likeness (QED) is 0.827. The number of hydrogen-bond acceptors (Lipinski definition) is 2. The predicted molar refractivity (Wildman–Crippen MR) is 83.1 cm³/mol. The van der Waals surface area contributed by atoms with Crippen molar-refractivity contribution >= 4 is 0 Å². The molecule has 23 heavy (non-hydrogen) atoms. The molecule has 2 nitrogen and oxygen atoms in total. The Hall–Kier alpha value is -1.07. The Balaban J connectivity index is 1.68. The van der Waals surface area contributed by atoms with Crippen molar-refractivity contribution in [3.8, 4) is 0 Å². The minimum Gasteiger partial charge on any atom is -0.383 e.